The summed E-state index contributed by atoms with van der Waals surface area (Å²) >= 11 is 0. The fourth-order valence-corrected chi connectivity index (χ4v) is 2.06. The molecular formula is C14H19N3. The molecule has 3 heteroatoms. The Kier molecular flexibility index (Phi) is 3.29. The maximum absolute atomic E-state index is 5.79. The Hall–Kier alpha value is -1.61. The molecule has 0 spiro atoms. The summed E-state index contributed by atoms with van der Waals surface area (Å²) in [6, 6.07) is 10.7. The van der Waals surface area contributed by atoms with Gasteiger partial charge < -0.3 is 5.73 Å². The molecule has 0 bridgehead atoms. The van der Waals surface area contributed by atoms with Crippen LogP contribution in [-0.2, 0) is 6.54 Å². The Balaban J connectivity index is 2.59. The van der Waals surface area contributed by atoms with Crippen molar-refractivity contribution in [3.63, 3.8) is 0 Å². The van der Waals surface area contributed by atoms with Gasteiger partial charge in [0, 0.05) is 18.2 Å². The first-order valence-corrected chi connectivity index (χ1v) is 5.98. The van der Waals surface area contributed by atoms with Gasteiger partial charge in [-0.15, -0.1) is 0 Å². The Labute approximate surface area is 102 Å². The molecule has 0 aliphatic rings. The number of nitrogens with two attached hydrogens (primary N) is 1. The van der Waals surface area contributed by atoms with E-state index in [4.69, 9.17) is 5.73 Å². The third-order valence-corrected chi connectivity index (χ3v) is 2.86. The van der Waals surface area contributed by atoms with E-state index in [0.29, 0.717) is 12.6 Å². The van der Waals surface area contributed by atoms with E-state index >= 15 is 0 Å². The van der Waals surface area contributed by atoms with Crippen molar-refractivity contribution < 1.29 is 0 Å². The van der Waals surface area contributed by atoms with Gasteiger partial charge in [0.05, 0.1) is 11.4 Å². The Morgan fingerprint density at radius 2 is 2.00 bits per heavy atom. The Morgan fingerprint density at radius 1 is 1.29 bits per heavy atom. The average molecular weight is 229 g/mol. The van der Waals surface area contributed by atoms with Crippen molar-refractivity contribution in [3.8, 4) is 11.3 Å². The van der Waals surface area contributed by atoms with Crippen LogP contribution in [0.2, 0.25) is 0 Å². The summed E-state index contributed by atoms with van der Waals surface area (Å²) in [7, 11) is 0. The minimum absolute atomic E-state index is 0.351. The molecule has 3 nitrogen and oxygen atoms in total. The fraction of sp³-hybridized carbons (Fsp3) is 0.357. The zero-order chi connectivity index (χ0) is 12.4. The fourth-order valence-electron chi connectivity index (χ4n) is 2.06. The molecule has 0 aliphatic carbocycles. The number of nitrogens with zero attached hydrogens (tertiary/aromatic N) is 2. The maximum atomic E-state index is 5.79. The van der Waals surface area contributed by atoms with E-state index in [-0.39, 0.29) is 0 Å². The van der Waals surface area contributed by atoms with Crippen LogP contribution in [0.3, 0.4) is 0 Å². The van der Waals surface area contributed by atoms with Gasteiger partial charge >= 0.3 is 0 Å². The van der Waals surface area contributed by atoms with Gasteiger partial charge in [0.2, 0.25) is 0 Å². The molecule has 1 heterocycles. The highest BCUT2D eigenvalue weighted by Gasteiger charge is 2.12. The van der Waals surface area contributed by atoms with Crippen molar-refractivity contribution >= 4 is 0 Å². The van der Waals surface area contributed by atoms with E-state index in [9.17, 15) is 0 Å². The van der Waals surface area contributed by atoms with Crippen molar-refractivity contribution in [1.82, 2.24) is 9.78 Å². The van der Waals surface area contributed by atoms with Crippen LogP contribution in [0.5, 0.6) is 0 Å². The van der Waals surface area contributed by atoms with E-state index in [2.05, 4.69) is 41.8 Å². The molecule has 0 atom stereocenters. The van der Waals surface area contributed by atoms with E-state index in [0.717, 1.165) is 17.0 Å². The largest absolute Gasteiger partial charge is 0.326 e. The summed E-state index contributed by atoms with van der Waals surface area (Å²) < 4.78 is 2.06. The van der Waals surface area contributed by atoms with Crippen LogP contribution in [-0.4, -0.2) is 9.78 Å². The number of rotatable bonds is 3. The summed E-state index contributed by atoms with van der Waals surface area (Å²) in [4.78, 5) is 0. The highest BCUT2D eigenvalue weighted by molar-refractivity contribution is 5.64. The van der Waals surface area contributed by atoms with Gasteiger partial charge in [-0.1, -0.05) is 24.3 Å². The van der Waals surface area contributed by atoms with Crippen LogP contribution in [0.4, 0.5) is 0 Å². The SMILES string of the molecule is Cc1cc(-c2ccccc2CN)n(C(C)C)n1. The molecule has 17 heavy (non-hydrogen) atoms. The van der Waals surface area contributed by atoms with Gasteiger partial charge in [-0.25, -0.2) is 0 Å². The summed E-state index contributed by atoms with van der Waals surface area (Å²) in [6.45, 7) is 6.86. The van der Waals surface area contributed by atoms with Crippen LogP contribution in [0.1, 0.15) is 31.1 Å². The third kappa shape index (κ3) is 2.24. The lowest BCUT2D eigenvalue weighted by molar-refractivity contribution is 0.535. The lowest BCUT2D eigenvalue weighted by Gasteiger charge is -2.13. The lowest BCUT2D eigenvalue weighted by Crippen LogP contribution is -2.07. The maximum Gasteiger partial charge on any atom is 0.0691 e. The number of aryl methyl sites for hydroxylation is 1. The molecule has 0 unspecified atom stereocenters. The number of benzene rings is 1. The van der Waals surface area contributed by atoms with Crippen molar-refractivity contribution in [2.75, 3.05) is 0 Å². The zero-order valence-electron chi connectivity index (χ0n) is 10.6. The van der Waals surface area contributed by atoms with Crippen LogP contribution in [0.25, 0.3) is 11.3 Å². The highest BCUT2D eigenvalue weighted by atomic mass is 15.3. The molecule has 90 valence electrons. The minimum Gasteiger partial charge on any atom is -0.326 e. The first-order valence-electron chi connectivity index (χ1n) is 5.98. The molecular weight excluding hydrogens is 210 g/mol. The van der Waals surface area contributed by atoms with Gasteiger partial charge in [-0.05, 0) is 32.4 Å². The lowest BCUT2D eigenvalue weighted by atomic mass is 10.0. The van der Waals surface area contributed by atoms with Gasteiger partial charge in [0.1, 0.15) is 0 Å². The second kappa shape index (κ2) is 4.72. The highest BCUT2D eigenvalue weighted by Crippen LogP contribution is 2.26. The molecule has 0 radical (unpaired) electrons. The molecule has 2 aromatic rings. The molecule has 0 saturated heterocycles. The molecule has 0 saturated carbocycles. The molecule has 2 rings (SSSR count). The monoisotopic (exact) mass is 229 g/mol. The topological polar surface area (TPSA) is 43.8 Å². The Morgan fingerprint density at radius 3 is 2.65 bits per heavy atom. The van der Waals surface area contributed by atoms with Crippen molar-refractivity contribution in [2.45, 2.75) is 33.4 Å². The quantitative estimate of drug-likeness (QED) is 0.879. The van der Waals surface area contributed by atoms with E-state index in [1.54, 1.807) is 0 Å². The predicted molar refractivity (Wildman–Crippen MR) is 70.7 cm³/mol. The number of aromatic nitrogens is 2. The molecule has 1 aromatic carbocycles. The molecule has 0 aliphatic heterocycles. The van der Waals surface area contributed by atoms with Gasteiger partial charge in [-0.2, -0.15) is 5.10 Å². The first-order chi connectivity index (χ1) is 8.13. The average Bonchev–Trinajstić information content (AvgIpc) is 2.71. The molecule has 1 aromatic heterocycles. The van der Waals surface area contributed by atoms with Crippen molar-refractivity contribution in [3.05, 3.63) is 41.6 Å². The molecule has 2 N–H and O–H groups in total. The Bertz CT molecular complexity index is 512. The number of hydrogen-bond acceptors (Lipinski definition) is 2. The van der Waals surface area contributed by atoms with Crippen LogP contribution in [0, 0.1) is 6.92 Å². The van der Waals surface area contributed by atoms with Gasteiger partial charge in [-0.3, -0.25) is 4.68 Å². The van der Waals surface area contributed by atoms with Crippen molar-refractivity contribution in [2.24, 2.45) is 5.73 Å². The predicted octanol–water partition coefficient (Wildman–Crippen LogP) is 2.90. The van der Waals surface area contributed by atoms with E-state index < -0.39 is 0 Å². The normalized spacial score (nSPS) is 11.1. The van der Waals surface area contributed by atoms with Gasteiger partial charge in [0.15, 0.2) is 0 Å². The molecule has 0 fully saturated rings. The van der Waals surface area contributed by atoms with Crippen molar-refractivity contribution in [1.29, 1.82) is 0 Å². The van der Waals surface area contributed by atoms with Gasteiger partial charge in [0.25, 0.3) is 0 Å². The first kappa shape index (κ1) is 11.9. The van der Waals surface area contributed by atoms with E-state index in [1.807, 2.05) is 19.1 Å². The standard InChI is InChI=1S/C14H19N3/c1-10(2)17-14(8-11(3)16-17)13-7-5-4-6-12(13)9-15/h4-8,10H,9,15H2,1-3H3. The smallest absolute Gasteiger partial charge is 0.0691 e. The summed E-state index contributed by atoms with van der Waals surface area (Å²) in [6.07, 6.45) is 0. The molecule has 0 amide bonds. The minimum atomic E-state index is 0.351. The van der Waals surface area contributed by atoms with Crippen LogP contribution >= 0.6 is 0 Å². The van der Waals surface area contributed by atoms with Crippen LogP contribution in [0.15, 0.2) is 30.3 Å². The summed E-state index contributed by atoms with van der Waals surface area (Å²) in [5, 5.41) is 4.54. The van der Waals surface area contributed by atoms with Crippen LogP contribution < -0.4 is 5.73 Å². The summed E-state index contributed by atoms with van der Waals surface area (Å²) in [5.41, 5.74) is 10.3. The number of hydrogen-bond donors (Lipinski definition) is 1. The third-order valence-electron chi connectivity index (χ3n) is 2.86. The second-order valence-electron chi connectivity index (χ2n) is 4.57. The summed E-state index contributed by atoms with van der Waals surface area (Å²) in [5.74, 6) is 0. The second-order valence-corrected chi connectivity index (χ2v) is 4.57. The zero-order valence-corrected chi connectivity index (χ0v) is 10.6. The van der Waals surface area contributed by atoms with E-state index in [1.165, 1.54) is 5.56 Å².